The van der Waals surface area contributed by atoms with E-state index in [2.05, 4.69) is 20.8 Å². The molecule has 0 saturated carbocycles. The maximum Gasteiger partial charge on any atom is 0.224 e. The van der Waals surface area contributed by atoms with Crippen LogP contribution in [-0.4, -0.2) is 26.1 Å². The molecule has 0 radical (unpaired) electrons. The molecule has 0 bridgehead atoms. The topological polar surface area (TPSA) is 81.9 Å². The first kappa shape index (κ1) is 19.3. The fourth-order valence-corrected chi connectivity index (χ4v) is 2.88. The standard InChI is InChI=1S/C22H18FN5O2/c23-19-6-2-4-8-21(19)30-20-7-3-1-5-17(20)14-24-22(29)13-16-9-11-18(12-10-16)28-15-25-26-27-28/h1-12,15H,13-14H2,(H,24,29). The summed E-state index contributed by atoms with van der Waals surface area (Å²) in [5.74, 6) is 0.0555. The van der Waals surface area contributed by atoms with Crippen molar-refractivity contribution in [3.8, 4) is 17.2 Å². The largest absolute Gasteiger partial charge is 0.454 e. The van der Waals surface area contributed by atoms with Crippen LogP contribution in [-0.2, 0) is 17.8 Å². The van der Waals surface area contributed by atoms with Gasteiger partial charge in [-0.05, 0) is 46.3 Å². The van der Waals surface area contributed by atoms with E-state index in [-0.39, 0.29) is 24.6 Å². The maximum atomic E-state index is 13.9. The van der Waals surface area contributed by atoms with Crippen LogP contribution in [0, 0.1) is 5.82 Å². The van der Waals surface area contributed by atoms with Gasteiger partial charge in [0, 0.05) is 12.1 Å². The molecule has 0 atom stereocenters. The lowest BCUT2D eigenvalue weighted by molar-refractivity contribution is -0.120. The van der Waals surface area contributed by atoms with Gasteiger partial charge >= 0.3 is 0 Å². The zero-order valence-electron chi connectivity index (χ0n) is 15.9. The third-order valence-electron chi connectivity index (χ3n) is 4.42. The maximum absolute atomic E-state index is 13.9. The second-order valence-corrected chi connectivity index (χ2v) is 6.51. The normalized spacial score (nSPS) is 10.6. The molecule has 4 aromatic rings. The van der Waals surface area contributed by atoms with Crippen molar-refractivity contribution in [2.45, 2.75) is 13.0 Å². The Balaban J connectivity index is 1.37. The zero-order valence-corrected chi connectivity index (χ0v) is 15.9. The number of carbonyl (C=O) groups is 1. The van der Waals surface area contributed by atoms with E-state index in [9.17, 15) is 9.18 Å². The van der Waals surface area contributed by atoms with Crippen molar-refractivity contribution in [3.63, 3.8) is 0 Å². The van der Waals surface area contributed by atoms with E-state index in [1.165, 1.54) is 17.1 Å². The predicted octanol–water partition coefficient (Wildman–Crippen LogP) is 3.45. The van der Waals surface area contributed by atoms with Crippen molar-refractivity contribution in [2.75, 3.05) is 0 Å². The van der Waals surface area contributed by atoms with Crippen molar-refractivity contribution >= 4 is 5.91 Å². The summed E-state index contributed by atoms with van der Waals surface area (Å²) in [4.78, 5) is 12.4. The number of rotatable bonds is 7. The molecular formula is C22H18FN5O2. The second-order valence-electron chi connectivity index (χ2n) is 6.51. The summed E-state index contributed by atoms with van der Waals surface area (Å²) in [5.41, 5.74) is 2.42. The SMILES string of the molecule is O=C(Cc1ccc(-n2cnnn2)cc1)NCc1ccccc1Oc1ccccc1F. The van der Waals surface area contributed by atoms with Crippen molar-refractivity contribution in [1.82, 2.24) is 25.5 Å². The molecule has 1 aromatic heterocycles. The van der Waals surface area contributed by atoms with Crippen LogP contribution in [0.25, 0.3) is 5.69 Å². The highest BCUT2D eigenvalue weighted by Gasteiger charge is 2.10. The highest BCUT2D eigenvalue weighted by molar-refractivity contribution is 5.78. The van der Waals surface area contributed by atoms with Gasteiger partial charge < -0.3 is 10.1 Å². The summed E-state index contributed by atoms with van der Waals surface area (Å²) in [7, 11) is 0. The number of halogens is 1. The fourth-order valence-electron chi connectivity index (χ4n) is 2.88. The minimum Gasteiger partial charge on any atom is -0.454 e. The minimum absolute atomic E-state index is 0.133. The number of hydrogen-bond acceptors (Lipinski definition) is 5. The Morgan fingerprint density at radius 2 is 1.70 bits per heavy atom. The third kappa shape index (κ3) is 4.67. The van der Waals surface area contributed by atoms with E-state index < -0.39 is 5.82 Å². The van der Waals surface area contributed by atoms with Crippen LogP contribution in [0.4, 0.5) is 4.39 Å². The molecular weight excluding hydrogens is 385 g/mol. The van der Waals surface area contributed by atoms with Gasteiger partial charge in [0.05, 0.1) is 12.1 Å². The number of para-hydroxylation sites is 2. The molecule has 0 spiro atoms. The van der Waals surface area contributed by atoms with E-state index in [1.54, 1.807) is 30.3 Å². The number of aromatic nitrogens is 4. The third-order valence-corrected chi connectivity index (χ3v) is 4.42. The van der Waals surface area contributed by atoms with Crippen molar-refractivity contribution < 1.29 is 13.9 Å². The summed E-state index contributed by atoms with van der Waals surface area (Å²) in [5, 5.41) is 13.9. The van der Waals surface area contributed by atoms with Crippen molar-refractivity contribution in [2.24, 2.45) is 0 Å². The molecule has 30 heavy (non-hydrogen) atoms. The first-order valence-corrected chi connectivity index (χ1v) is 9.28. The molecule has 4 rings (SSSR count). The number of tetrazole rings is 1. The summed E-state index contributed by atoms with van der Waals surface area (Å²) >= 11 is 0. The fraction of sp³-hybridized carbons (Fsp3) is 0.0909. The Kier molecular flexibility index (Phi) is 5.75. The molecule has 3 aromatic carbocycles. The number of nitrogens with zero attached hydrogens (tertiary/aromatic N) is 4. The van der Waals surface area contributed by atoms with Gasteiger partial charge in [0.2, 0.25) is 5.91 Å². The molecule has 1 N–H and O–H groups in total. The van der Waals surface area contributed by atoms with Crippen molar-refractivity contribution in [1.29, 1.82) is 0 Å². The van der Waals surface area contributed by atoms with Gasteiger partial charge in [-0.2, -0.15) is 0 Å². The average molecular weight is 403 g/mol. The van der Waals surface area contributed by atoms with Gasteiger partial charge in [0.25, 0.3) is 0 Å². The van der Waals surface area contributed by atoms with E-state index in [0.29, 0.717) is 5.75 Å². The van der Waals surface area contributed by atoms with Crippen LogP contribution in [0.1, 0.15) is 11.1 Å². The Bertz CT molecular complexity index is 1130. The van der Waals surface area contributed by atoms with Crippen LogP contribution >= 0.6 is 0 Å². The molecule has 150 valence electrons. The monoisotopic (exact) mass is 403 g/mol. The van der Waals surface area contributed by atoms with E-state index in [0.717, 1.165) is 16.8 Å². The quantitative estimate of drug-likeness (QED) is 0.511. The minimum atomic E-state index is -0.443. The van der Waals surface area contributed by atoms with E-state index >= 15 is 0 Å². The van der Waals surface area contributed by atoms with E-state index in [1.807, 2.05) is 36.4 Å². The summed E-state index contributed by atoms with van der Waals surface area (Å²) in [6, 6.07) is 20.8. The lowest BCUT2D eigenvalue weighted by atomic mass is 10.1. The molecule has 0 saturated heterocycles. The zero-order chi connectivity index (χ0) is 20.8. The molecule has 1 heterocycles. The number of ether oxygens (including phenoxy) is 1. The Hall–Kier alpha value is -4.07. The summed E-state index contributed by atoms with van der Waals surface area (Å²) < 4.78 is 21.1. The van der Waals surface area contributed by atoms with E-state index in [4.69, 9.17) is 4.74 Å². The number of amides is 1. The summed E-state index contributed by atoms with van der Waals surface area (Å²) in [6.45, 7) is 0.270. The number of nitrogens with one attached hydrogen (secondary N) is 1. The Morgan fingerprint density at radius 1 is 0.967 bits per heavy atom. The van der Waals surface area contributed by atoms with Gasteiger partial charge in [0.1, 0.15) is 12.1 Å². The van der Waals surface area contributed by atoms with Gasteiger partial charge in [0.15, 0.2) is 11.6 Å². The number of carbonyl (C=O) groups excluding carboxylic acids is 1. The molecule has 0 unspecified atom stereocenters. The smallest absolute Gasteiger partial charge is 0.224 e. The second kappa shape index (κ2) is 8.95. The van der Waals surface area contributed by atoms with Gasteiger partial charge in [-0.1, -0.05) is 42.5 Å². The first-order valence-electron chi connectivity index (χ1n) is 9.28. The van der Waals surface area contributed by atoms with Crippen LogP contribution in [0.5, 0.6) is 11.5 Å². The van der Waals surface area contributed by atoms with Gasteiger partial charge in [-0.3, -0.25) is 4.79 Å². The Labute approximate surface area is 172 Å². The highest BCUT2D eigenvalue weighted by atomic mass is 19.1. The first-order chi connectivity index (χ1) is 14.7. The van der Waals surface area contributed by atoms with Gasteiger partial charge in [-0.15, -0.1) is 5.10 Å². The molecule has 7 nitrogen and oxygen atoms in total. The van der Waals surface area contributed by atoms with Crippen molar-refractivity contribution in [3.05, 3.63) is 96.1 Å². The van der Waals surface area contributed by atoms with Crippen LogP contribution in [0.3, 0.4) is 0 Å². The molecule has 0 fully saturated rings. The molecule has 8 heteroatoms. The van der Waals surface area contributed by atoms with Crippen LogP contribution < -0.4 is 10.1 Å². The lowest BCUT2D eigenvalue weighted by Crippen LogP contribution is -2.24. The number of benzene rings is 3. The molecule has 1 amide bonds. The lowest BCUT2D eigenvalue weighted by Gasteiger charge is -2.12. The van der Waals surface area contributed by atoms with Crippen LogP contribution in [0.2, 0.25) is 0 Å². The average Bonchev–Trinajstić information content (AvgIpc) is 3.30. The molecule has 0 aliphatic heterocycles. The predicted molar refractivity (Wildman–Crippen MR) is 108 cm³/mol. The highest BCUT2D eigenvalue weighted by Crippen LogP contribution is 2.27. The molecule has 0 aliphatic carbocycles. The summed E-state index contributed by atoms with van der Waals surface area (Å²) in [6.07, 6.45) is 1.73. The van der Waals surface area contributed by atoms with Crippen LogP contribution in [0.15, 0.2) is 79.1 Å². The number of hydrogen-bond donors (Lipinski definition) is 1. The Morgan fingerprint density at radius 3 is 2.43 bits per heavy atom. The van der Waals surface area contributed by atoms with Gasteiger partial charge in [-0.25, -0.2) is 9.07 Å². The molecule has 0 aliphatic rings.